The molecule has 2 heterocycles. The molecule has 1 atom stereocenters. The van der Waals surface area contributed by atoms with Crippen molar-refractivity contribution in [3.63, 3.8) is 0 Å². The van der Waals surface area contributed by atoms with Gasteiger partial charge in [0.05, 0.1) is 43.1 Å². The number of esters is 2. The lowest BCUT2D eigenvalue weighted by molar-refractivity contribution is -0.137. The van der Waals surface area contributed by atoms with E-state index in [0.29, 0.717) is 10.9 Å². The predicted octanol–water partition coefficient (Wildman–Crippen LogP) is 2.37. The molecule has 1 aromatic carbocycles. The van der Waals surface area contributed by atoms with E-state index in [9.17, 15) is 14.7 Å². The summed E-state index contributed by atoms with van der Waals surface area (Å²) in [4.78, 5) is 28.3. The number of rotatable bonds is 5. The van der Waals surface area contributed by atoms with Gasteiger partial charge < -0.3 is 19.1 Å². The molecule has 0 aliphatic rings. The first-order chi connectivity index (χ1) is 13.4. The van der Waals surface area contributed by atoms with Gasteiger partial charge in [0.1, 0.15) is 11.8 Å². The molecule has 2 aromatic heterocycles. The zero-order valence-corrected chi connectivity index (χ0v) is 15.4. The Bertz CT molecular complexity index is 1150. The van der Waals surface area contributed by atoms with Gasteiger partial charge in [-0.25, -0.2) is 14.6 Å². The number of para-hydroxylation sites is 1. The van der Waals surface area contributed by atoms with Crippen molar-refractivity contribution < 1.29 is 24.2 Å². The second-order valence-electron chi connectivity index (χ2n) is 6.01. The smallest absolute Gasteiger partial charge is 0.356 e. The monoisotopic (exact) mass is 378 g/mol. The van der Waals surface area contributed by atoms with Crippen LogP contribution in [-0.4, -0.2) is 40.8 Å². The van der Waals surface area contributed by atoms with Gasteiger partial charge in [-0.15, -0.1) is 6.42 Å². The average Bonchev–Trinajstić information content (AvgIpc) is 3.05. The second kappa shape index (κ2) is 7.55. The van der Waals surface area contributed by atoms with E-state index in [1.807, 2.05) is 24.3 Å². The lowest BCUT2D eigenvalue weighted by Crippen LogP contribution is -2.16. The van der Waals surface area contributed by atoms with Crippen molar-refractivity contribution in [1.29, 1.82) is 0 Å². The highest BCUT2D eigenvalue weighted by molar-refractivity contribution is 6.11. The second-order valence-corrected chi connectivity index (χ2v) is 6.01. The Kier molecular flexibility index (Phi) is 5.16. The number of pyridine rings is 1. The third kappa shape index (κ3) is 3.00. The van der Waals surface area contributed by atoms with Gasteiger partial charge in [0.2, 0.25) is 0 Å². The van der Waals surface area contributed by atoms with E-state index in [1.54, 1.807) is 10.6 Å². The maximum atomic E-state index is 12.1. The fraction of sp³-hybridized carbons (Fsp3) is 0.190. The molecular formula is C21H18N2O5. The number of ether oxygens (including phenoxy) is 2. The summed E-state index contributed by atoms with van der Waals surface area (Å²) in [6.07, 6.45) is 4.04. The van der Waals surface area contributed by atoms with Gasteiger partial charge in [0.25, 0.3) is 0 Å². The molecule has 0 saturated heterocycles. The summed E-state index contributed by atoms with van der Waals surface area (Å²) in [6, 6.07) is 9.02. The molecule has 7 nitrogen and oxygen atoms in total. The number of methoxy groups -OCH3 is 2. The Morgan fingerprint density at radius 1 is 1.29 bits per heavy atom. The highest BCUT2D eigenvalue weighted by atomic mass is 16.5. The van der Waals surface area contributed by atoms with Gasteiger partial charge in [0.15, 0.2) is 0 Å². The number of hydrogen-bond donors (Lipinski definition) is 1. The van der Waals surface area contributed by atoms with Crippen LogP contribution in [-0.2, 0) is 20.8 Å². The molecule has 0 spiro atoms. The van der Waals surface area contributed by atoms with Gasteiger partial charge >= 0.3 is 11.9 Å². The molecule has 1 N–H and O–H groups in total. The topological polar surface area (TPSA) is 90.7 Å². The molecule has 1 unspecified atom stereocenters. The number of aliphatic hydroxyl groups is 1. The van der Waals surface area contributed by atoms with Crippen LogP contribution in [0.3, 0.4) is 0 Å². The number of nitrogens with zero attached hydrogens (tertiary/aromatic N) is 2. The maximum Gasteiger partial charge on any atom is 0.356 e. The van der Waals surface area contributed by atoms with Crippen molar-refractivity contribution in [3.8, 4) is 12.3 Å². The average molecular weight is 378 g/mol. The molecule has 0 bridgehead atoms. The van der Waals surface area contributed by atoms with Crippen LogP contribution in [0.5, 0.6) is 0 Å². The number of terminal acetylenes is 1. The maximum absolute atomic E-state index is 12.1. The van der Waals surface area contributed by atoms with E-state index in [2.05, 4.69) is 22.2 Å². The fourth-order valence-corrected chi connectivity index (χ4v) is 3.17. The van der Waals surface area contributed by atoms with Crippen LogP contribution in [0.4, 0.5) is 0 Å². The van der Waals surface area contributed by atoms with E-state index in [1.165, 1.54) is 14.2 Å². The SMILES string of the molecule is C#CCn1c2ccccc2c2cc(C(=O)OC)nc(C(O)C(=C)C(=O)OC)c21. The van der Waals surface area contributed by atoms with Crippen LogP contribution in [0, 0.1) is 12.3 Å². The van der Waals surface area contributed by atoms with Gasteiger partial charge in [-0.1, -0.05) is 30.7 Å². The molecule has 7 heteroatoms. The molecule has 0 aliphatic carbocycles. The minimum atomic E-state index is -1.50. The van der Waals surface area contributed by atoms with E-state index < -0.39 is 18.0 Å². The van der Waals surface area contributed by atoms with Gasteiger partial charge in [-0.3, -0.25) is 0 Å². The predicted molar refractivity (Wildman–Crippen MR) is 104 cm³/mol. The number of hydrogen-bond acceptors (Lipinski definition) is 6. The van der Waals surface area contributed by atoms with E-state index in [-0.39, 0.29) is 23.5 Å². The number of carbonyl (C=O) groups excluding carboxylic acids is 2. The zero-order valence-electron chi connectivity index (χ0n) is 15.4. The van der Waals surface area contributed by atoms with E-state index >= 15 is 0 Å². The minimum Gasteiger partial charge on any atom is -0.466 e. The number of carbonyl (C=O) groups is 2. The first-order valence-corrected chi connectivity index (χ1v) is 8.33. The highest BCUT2D eigenvalue weighted by Crippen LogP contribution is 2.35. The van der Waals surface area contributed by atoms with Crippen molar-refractivity contribution in [2.24, 2.45) is 0 Å². The Hall–Kier alpha value is -3.63. The van der Waals surface area contributed by atoms with Crippen LogP contribution in [0.25, 0.3) is 21.8 Å². The number of aromatic nitrogens is 2. The van der Waals surface area contributed by atoms with Crippen LogP contribution < -0.4 is 0 Å². The Balaban J connectivity index is 2.43. The van der Waals surface area contributed by atoms with Crippen molar-refractivity contribution in [1.82, 2.24) is 9.55 Å². The summed E-state index contributed by atoms with van der Waals surface area (Å²) in [5.41, 5.74) is 1.15. The summed E-state index contributed by atoms with van der Waals surface area (Å²) in [7, 11) is 2.42. The Labute approximate surface area is 161 Å². The fourth-order valence-electron chi connectivity index (χ4n) is 3.17. The minimum absolute atomic E-state index is 0.00896. The Morgan fingerprint density at radius 2 is 2.00 bits per heavy atom. The molecular weight excluding hydrogens is 360 g/mol. The molecule has 0 fully saturated rings. The van der Waals surface area contributed by atoms with Crippen LogP contribution in [0.15, 0.2) is 42.5 Å². The summed E-state index contributed by atoms with van der Waals surface area (Å²) >= 11 is 0. The number of aliphatic hydroxyl groups excluding tert-OH is 1. The first-order valence-electron chi connectivity index (χ1n) is 8.33. The molecule has 0 radical (unpaired) electrons. The van der Waals surface area contributed by atoms with Gasteiger partial charge in [-0.2, -0.15) is 0 Å². The van der Waals surface area contributed by atoms with Crippen LogP contribution in [0.2, 0.25) is 0 Å². The molecule has 0 saturated carbocycles. The molecule has 28 heavy (non-hydrogen) atoms. The zero-order chi connectivity index (χ0) is 20.4. The van der Waals surface area contributed by atoms with Crippen LogP contribution >= 0.6 is 0 Å². The summed E-state index contributed by atoms with van der Waals surface area (Å²) in [6.45, 7) is 3.80. The first kappa shape index (κ1) is 19.1. The lowest BCUT2D eigenvalue weighted by atomic mass is 10.0. The third-order valence-corrected chi connectivity index (χ3v) is 4.46. The van der Waals surface area contributed by atoms with Gasteiger partial charge in [-0.05, 0) is 12.1 Å². The summed E-state index contributed by atoms with van der Waals surface area (Å²) < 4.78 is 11.2. The van der Waals surface area contributed by atoms with Crippen LogP contribution in [0.1, 0.15) is 22.3 Å². The van der Waals surface area contributed by atoms with Gasteiger partial charge in [0, 0.05) is 10.8 Å². The lowest BCUT2D eigenvalue weighted by Gasteiger charge is -2.15. The summed E-state index contributed by atoms with van der Waals surface area (Å²) in [5, 5.41) is 12.3. The molecule has 3 rings (SSSR count). The van der Waals surface area contributed by atoms with Crippen molar-refractivity contribution in [2.75, 3.05) is 14.2 Å². The number of benzene rings is 1. The normalized spacial score (nSPS) is 11.8. The van der Waals surface area contributed by atoms with Crippen molar-refractivity contribution in [2.45, 2.75) is 12.6 Å². The van der Waals surface area contributed by atoms with E-state index in [0.717, 1.165) is 10.9 Å². The van der Waals surface area contributed by atoms with Crippen molar-refractivity contribution >= 4 is 33.7 Å². The standard InChI is InChI=1S/C21H18N2O5/c1-5-10-23-16-9-7-6-8-13(16)14-11-15(21(26)28-4)22-17(18(14)23)19(24)12(2)20(25)27-3/h1,6-9,11,19,24H,2,10H2,3-4H3. The molecule has 142 valence electrons. The number of fused-ring (bicyclic) bond motifs is 3. The third-order valence-electron chi connectivity index (χ3n) is 4.46. The quantitative estimate of drug-likeness (QED) is 0.416. The highest BCUT2D eigenvalue weighted by Gasteiger charge is 2.27. The van der Waals surface area contributed by atoms with E-state index in [4.69, 9.17) is 11.2 Å². The molecule has 3 aromatic rings. The molecule has 0 amide bonds. The summed E-state index contributed by atoms with van der Waals surface area (Å²) in [5.74, 6) is 1.12. The van der Waals surface area contributed by atoms with Crippen molar-refractivity contribution in [3.05, 3.63) is 53.9 Å². The Morgan fingerprint density at radius 3 is 2.64 bits per heavy atom. The largest absolute Gasteiger partial charge is 0.466 e. The molecule has 0 aliphatic heterocycles.